The largest absolute Gasteiger partial charge is 0.458 e. The maximum absolute atomic E-state index is 13.7. The number of fused-ring (bicyclic) bond motifs is 6. The van der Waals surface area contributed by atoms with E-state index in [1.54, 1.807) is 17.6 Å². The second-order valence-electron chi connectivity index (χ2n) is 10.1. The van der Waals surface area contributed by atoms with Gasteiger partial charge in [-0.05, 0) is 41.7 Å². The van der Waals surface area contributed by atoms with Gasteiger partial charge in [-0.15, -0.1) is 0 Å². The fourth-order valence-corrected chi connectivity index (χ4v) is 5.93. The Hall–Kier alpha value is -4.17. The van der Waals surface area contributed by atoms with Crippen molar-refractivity contribution < 1.29 is 24.1 Å². The third-order valence-electron chi connectivity index (χ3n) is 7.96. The zero-order valence-electron chi connectivity index (χ0n) is 21.2. The molecule has 0 aliphatic carbocycles. The Morgan fingerprint density at radius 3 is 2.50 bits per heavy atom. The molecule has 2 aromatic carbocycles. The SMILES string of the molecule is CCCc1ccc(-c2c3c(nc4cc5c(cc24)OCO5)-c2cc4c(c(=O)n2C3)COC(=O)[C@]4(O)CC)cc1. The molecule has 0 saturated heterocycles. The smallest absolute Gasteiger partial charge is 0.343 e. The van der Waals surface area contributed by atoms with Crippen molar-refractivity contribution >= 4 is 16.9 Å². The van der Waals surface area contributed by atoms with Gasteiger partial charge in [0, 0.05) is 22.6 Å². The minimum absolute atomic E-state index is 0.0958. The first kappa shape index (κ1) is 23.0. The molecule has 7 rings (SSSR count). The van der Waals surface area contributed by atoms with Gasteiger partial charge in [0.2, 0.25) is 6.79 Å². The summed E-state index contributed by atoms with van der Waals surface area (Å²) in [5.41, 5.74) is 4.57. The van der Waals surface area contributed by atoms with Crippen LogP contribution in [0.4, 0.5) is 0 Å². The molecule has 8 nitrogen and oxygen atoms in total. The summed E-state index contributed by atoms with van der Waals surface area (Å²) in [5.74, 6) is 0.551. The number of aliphatic hydroxyl groups is 1. The zero-order chi connectivity index (χ0) is 26.2. The Balaban J connectivity index is 1.51. The highest BCUT2D eigenvalue weighted by Crippen LogP contribution is 2.46. The van der Waals surface area contributed by atoms with Crippen molar-refractivity contribution in [3.8, 4) is 34.0 Å². The number of hydrogen-bond acceptors (Lipinski definition) is 7. The summed E-state index contributed by atoms with van der Waals surface area (Å²) in [7, 11) is 0. The number of benzene rings is 2. The van der Waals surface area contributed by atoms with Gasteiger partial charge < -0.3 is 23.9 Å². The average molecular weight is 511 g/mol. The van der Waals surface area contributed by atoms with E-state index in [1.807, 2.05) is 12.1 Å². The van der Waals surface area contributed by atoms with Gasteiger partial charge in [-0.2, -0.15) is 0 Å². The molecule has 4 aromatic rings. The predicted octanol–water partition coefficient (Wildman–Crippen LogP) is 4.43. The van der Waals surface area contributed by atoms with Crippen LogP contribution >= 0.6 is 0 Å². The fourth-order valence-electron chi connectivity index (χ4n) is 5.93. The molecule has 0 fully saturated rings. The van der Waals surface area contributed by atoms with E-state index in [4.69, 9.17) is 19.2 Å². The molecular weight excluding hydrogens is 484 g/mol. The molecule has 0 spiro atoms. The second kappa shape index (κ2) is 8.16. The normalized spacial score (nSPS) is 18.8. The molecule has 0 amide bonds. The first-order valence-electron chi connectivity index (χ1n) is 13.0. The molecule has 1 atom stereocenters. The first-order chi connectivity index (χ1) is 18.4. The number of hydrogen-bond donors (Lipinski definition) is 1. The van der Waals surface area contributed by atoms with Crippen LogP contribution in [0.2, 0.25) is 0 Å². The summed E-state index contributed by atoms with van der Waals surface area (Å²) in [6.45, 7) is 4.17. The number of esters is 1. The van der Waals surface area contributed by atoms with Gasteiger partial charge in [-0.3, -0.25) is 4.79 Å². The lowest BCUT2D eigenvalue weighted by Crippen LogP contribution is -2.44. The van der Waals surface area contributed by atoms with Gasteiger partial charge in [-0.25, -0.2) is 9.78 Å². The molecule has 1 N–H and O–H groups in total. The monoisotopic (exact) mass is 510 g/mol. The van der Waals surface area contributed by atoms with Crippen LogP contribution < -0.4 is 15.0 Å². The minimum Gasteiger partial charge on any atom is -0.458 e. The van der Waals surface area contributed by atoms with E-state index < -0.39 is 11.6 Å². The van der Waals surface area contributed by atoms with Crippen molar-refractivity contribution in [2.75, 3.05) is 6.79 Å². The molecule has 3 aliphatic heterocycles. The lowest BCUT2D eigenvalue weighted by atomic mass is 9.86. The molecular formula is C30H26N2O6. The molecule has 5 heterocycles. The maximum Gasteiger partial charge on any atom is 0.343 e. The van der Waals surface area contributed by atoms with E-state index in [0.717, 1.165) is 34.9 Å². The molecule has 0 radical (unpaired) electrons. The van der Waals surface area contributed by atoms with Gasteiger partial charge >= 0.3 is 5.97 Å². The first-order valence-corrected chi connectivity index (χ1v) is 13.0. The summed E-state index contributed by atoms with van der Waals surface area (Å²) in [5, 5.41) is 12.1. The van der Waals surface area contributed by atoms with Crippen molar-refractivity contribution in [2.45, 2.75) is 51.9 Å². The van der Waals surface area contributed by atoms with Gasteiger partial charge in [0.05, 0.1) is 29.0 Å². The Labute approximate surface area is 218 Å². The molecule has 8 heteroatoms. The lowest BCUT2D eigenvalue weighted by molar-refractivity contribution is -0.172. The summed E-state index contributed by atoms with van der Waals surface area (Å²) in [6, 6.07) is 14.1. The Morgan fingerprint density at radius 2 is 1.76 bits per heavy atom. The molecule has 192 valence electrons. The number of cyclic esters (lactones) is 1. The van der Waals surface area contributed by atoms with Crippen LogP contribution in [0.5, 0.6) is 11.5 Å². The van der Waals surface area contributed by atoms with Crippen LogP contribution in [0.15, 0.2) is 47.3 Å². The summed E-state index contributed by atoms with van der Waals surface area (Å²) in [6.07, 6.45) is 2.16. The van der Waals surface area contributed by atoms with Crippen LogP contribution in [-0.2, 0) is 34.7 Å². The van der Waals surface area contributed by atoms with Crippen LogP contribution in [0.3, 0.4) is 0 Å². The van der Waals surface area contributed by atoms with E-state index in [0.29, 0.717) is 46.1 Å². The van der Waals surface area contributed by atoms with Gasteiger partial charge in [0.1, 0.15) is 6.61 Å². The standard InChI is InChI=1S/C30H26N2O6/c1-3-5-16-6-8-17(9-7-16)26-18-10-24-25(38-15-37-24)12-22(18)31-27-19(26)13-32-23(27)11-21-20(28(32)33)14-36-29(34)30(21,35)4-2/h6-12,35H,3-5,13-15H2,1-2H3/t30-/m0/s1. The van der Waals surface area contributed by atoms with Crippen molar-refractivity contribution in [2.24, 2.45) is 0 Å². The number of nitrogens with zero attached hydrogens (tertiary/aromatic N) is 2. The Morgan fingerprint density at radius 1 is 1.00 bits per heavy atom. The summed E-state index contributed by atoms with van der Waals surface area (Å²) >= 11 is 0. The number of pyridine rings is 2. The number of aromatic nitrogens is 2. The quantitative estimate of drug-likeness (QED) is 0.357. The van der Waals surface area contributed by atoms with E-state index in [-0.39, 0.29) is 25.4 Å². The number of rotatable bonds is 4. The summed E-state index contributed by atoms with van der Waals surface area (Å²) < 4.78 is 18.2. The van der Waals surface area contributed by atoms with Crippen molar-refractivity contribution in [3.63, 3.8) is 0 Å². The number of aryl methyl sites for hydroxylation is 1. The zero-order valence-corrected chi connectivity index (χ0v) is 21.2. The molecule has 0 bridgehead atoms. The molecule has 3 aliphatic rings. The van der Waals surface area contributed by atoms with E-state index in [2.05, 4.69) is 31.2 Å². The van der Waals surface area contributed by atoms with E-state index >= 15 is 0 Å². The highest BCUT2D eigenvalue weighted by atomic mass is 16.7. The molecule has 0 unspecified atom stereocenters. The van der Waals surface area contributed by atoms with Gasteiger partial charge in [0.25, 0.3) is 5.56 Å². The van der Waals surface area contributed by atoms with Gasteiger partial charge in [-0.1, -0.05) is 44.5 Å². The topological polar surface area (TPSA) is 99.9 Å². The second-order valence-corrected chi connectivity index (χ2v) is 10.1. The average Bonchev–Trinajstić information content (AvgIpc) is 3.53. The van der Waals surface area contributed by atoms with Crippen molar-refractivity contribution in [3.05, 3.63) is 75.1 Å². The van der Waals surface area contributed by atoms with E-state index in [1.165, 1.54) is 5.56 Å². The third-order valence-corrected chi connectivity index (χ3v) is 7.96. The number of ether oxygens (including phenoxy) is 3. The van der Waals surface area contributed by atoms with E-state index in [9.17, 15) is 14.7 Å². The van der Waals surface area contributed by atoms with Gasteiger partial charge in [0.15, 0.2) is 17.1 Å². The lowest BCUT2D eigenvalue weighted by Gasteiger charge is -2.31. The Bertz CT molecular complexity index is 1720. The van der Waals surface area contributed by atoms with Crippen LogP contribution in [0.25, 0.3) is 33.4 Å². The molecule has 2 aromatic heterocycles. The van der Waals surface area contributed by atoms with Crippen LogP contribution in [0.1, 0.15) is 48.9 Å². The summed E-state index contributed by atoms with van der Waals surface area (Å²) in [4.78, 5) is 31.2. The predicted molar refractivity (Wildman–Crippen MR) is 140 cm³/mol. The van der Waals surface area contributed by atoms with Crippen LogP contribution in [0, 0.1) is 0 Å². The maximum atomic E-state index is 13.7. The van der Waals surface area contributed by atoms with Crippen molar-refractivity contribution in [1.29, 1.82) is 0 Å². The highest BCUT2D eigenvalue weighted by Gasteiger charge is 2.45. The Kier molecular flexibility index (Phi) is 4.94. The molecule has 0 saturated carbocycles. The number of carbonyl (C=O) groups is 1. The number of carbonyl (C=O) groups excluding carboxylic acids is 1. The minimum atomic E-state index is -1.87. The van der Waals surface area contributed by atoms with Crippen LogP contribution in [-0.4, -0.2) is 27.4 Å². The third kappa shape index (κ3) is 3.10. The highest BCUT2D eigenvalue weighted by molar-refractivity contribution is 6.01. The fraction of sp³-hybridized carbons (Fsp3) is 0.300. The van der Waals surface area contributed by atoms with Crippen molar-refractivity contribution in [1.82, 2.24) is 9.55 Å². The molecule has 38 heavy (non-hydrogen) atoms.